The molecule has 7 nitrogen and oxygen atoms in total. The quantitative estimate of drug-likeness (QED) is 0.283. The van der Waals surface area contributed by atoms with E-state index in [0.29, 0.717) is 32.8 Å². The summed E-state index contributed by atoms with van der Waals surface area (Å²) in [6.45, 7) is 2.89. The number of aromatic nitrogens is 1. The van der Waals surface area contributed by atoms with Crippen molar-refractivity contribution in [3.8, 4) is 0 Å². The third-order valence-corrected chi connectivity index (χ3v) is 6.62. The lowest BCUT2D eigenvalue weighted by Gasteiger charge is -2.28. The molecule has 0 saturated carbocycles. The Labute approximate surface area is 203 Å². The standard InChI is InChI=1S/C28H27N3O4/c32-28(29-13-15-35-16-14-29)18-24(22-9-5-2-6-10-22)26-20-30(19-21-7-3-1-4-8-21)27-12-11-23(31(33)34)17-25(26)27/h1-12,17,20,24H,13-16,18-19H2/t24-/m1/s1. The summed E-state index contributed by atoms with van der Waals surface area (Å²) in [5, 5.41) is 12.4. The zero-order valence-electron chi connectivity index (χ0n) is 19.4. The number of non-ortho nitro benzene ring substituents is 1. The first kappa shape index (κ1) is 22.8. The van der Waals surface area contributed by atoms with Gasteiger partial charge < -0.3 is 14.2 Å². The minimum Gasteiger partial charge on any atom is -0.378 e. The number of amides is 1. The molecule has 0 radical (unpaired) electrons. The number of hydrogen-bond donors (Lipinski definition) is 0. The Morgan fingerprint density at radius 1 is 0.971 bits per heavy atom. The van der Waals surface area contributed by atoms with Crippen LogP contribution >= 0.6 is 0 Å². The van der Waals surface area contributed by atoms with E-state index < -0.39 is 0 Å². The Balaban J connectivity index is 1.61. The second-order valence-corrected chi connectivity index (χ2v) is 8.82. The molecular weight excluding hydrogens is 442 g/mol. The number of rotatable bonds is 7. The fourth-order valence-corrected chi connectivity index (χ4v) is 4.82. The topological polar surface area (TPSA) is 77.6 Å². The summed E-state index contributed by atoms with van der Waals surface area (Å²) in [6.07, 6.45) is 2.35. The van der Waals surface area contributed by atoms with E-state index in [0.717, 1.165) is 27.6 Å². The molecule has 3 aromatic carbocycles. The van der Waals surface area contributed by atoms with Crippen LogP contribution in [0.5, 0.6) is 0 Å². The van der Waals surface area contributed by atoms with Gasteiger partial charge in [-0.15, -0.1) is 0 Å². The third kappa shape index (κ3) is 4.95. The van der Waals surface area contributed by atoms with E-state index >= 15 is 0 Å². The first-order valence-electron chi connectivity index (χ1n) is 11.8. The van der Waals surface area contributed by atoms with Crippen molar-refractivity contribution >= 4 is 22.5 Å². The maximum absolute atomic E-state index is 13.3. The summed E-state index contributed by atoms with van der Waals surface area (Å²) < 4.78 is 7.54. The summed E-state index contributed by atoms with van der Waals surface area (Å²) in [4.78, 5) is 26.4. The van der Waals surface area contributed by atoms with Crippen molar-refractivity contribution in [1.29, 1.82) is 0 Å². The predicted octanol–water partition coefficient (Wildman–Crippen LogP) is 4.98. The van der Waals surface area contributed by atoms with Crippen LogP contribution in [0.3, 0.4) is 0 Å². The Bertz CT molecular complexity index is 1330. The Kier molecular flexibility index (Phi) is 6.59. The smallest absolute Gasteiger partial charge is 0.270 e. The molecule has 1 atom stereocenters. The van der Waals surface area contributed by atoms with Gasteiger partial charge in [0.05, 0.1) is 18.1 Å². The van der Waals surface area contributed by atoms with Crippen molar-refractivity contribution in [1.82, 2.24) is 9.47 Å². The molecule has 35 heavy (non-hydrogen) atoms. The van der Waals surface area contributed by atoms with Crippen LogP contribution < -0.4 is 0 Å². The van der Waals surface area contributed by atoms with Crippen LogP contribution in [0.1, 0.15) is 29.0 Å². The molecule has 0 N–H and O–H groups in total. The highest BCUT2D eigenvalue weighted by atomic mass is 16.6. The highest BCUT2D eigenvalue weighted by molar-refractivity contribution is 5.88. The number of carbonyl (C=O) groups is 1. The molecular formula is C28H27N3O4. The van der Waals surface area contributed by atoms with Crippen molar-refractivity contribution < 1.29 is 14.5 Å². The van der Waals surface area contributed by atoms with Gasteiger partial charge in [-0.25, -0.2) is 0 Å². The van der Waals surface area contributed by atoms with Gasteiger partial charge in [0.2, 0.25) is 5.91 Å². The monoisotopic (exact) mass is 469 g/mol. The molecule has 0 spiro atoms. The number of fused-ring (bicyclic) bond motifs is 1. The van der Waals surface area contributed by atoms with Gasteiger partial charge in [0.25, 0.3) is 5.69 Å². The minimum atomic E-state index is -0.367. The van der Waals surface area contributed by atoms with Crippen LogP contribution in [-0.4, -0.2) is 46.6 Å². The number of nitro groups is 1. The van der Waals surface area contributed by atoms with Crippen LogP contribution in [0.25, 0.3) is 10.9 Å². The summed E-state index contributed by atoms with van der Waals surface area (Å²) in [6, 6.07) is 25.0. The molecule has 1 amide bonds. The molecule has 178 valence electrons. The van der Waals surface area contributed by atoms with Gasteiger partial charge in [0, 0.05) is 61.2 Å². The average molecular weight is 470 g/mol. The van der Waals surface area contributed by atoms with Gasteiger partial charge >= 0.3 is 0 Å². The van der Waals surface area contributed by atoms with Crippen molar-refractivity contribution in [2.45, 2.75) is 18.9 Å². The second-order valence-electron chi connectivity index (χ2n) is 8.82. The molecule has 0 unspecified atom stereocenters. The lowest BCUT2D eigenvalue weighted by atomic mass is 9.87. The largest absolute Gasteiger partial charge is 0.378 e. The summed E-state index contributed by atoms with van der Waals surface area (Å²) in [5.41, 5.74) is 4.03. The molecule has 7 heteroatoms. The highest BCUT2D eigenvalue weighted by Gasteiger charge is 2.27. The van der Waals surface area contributed by atoms with E-state index in [1.165, 1.54) is 0 Å². The number of hydrogen-bond acceptors (Lipinski definition) is 4. The predicted molar refractivity (Wildman–Crippen MR) is 134 cm³/mol. The van der Waals surface area contributed by atoms with Gasteiger partial charge in [-0.2, -0.15) is 0 Å². The minimum absolute atomic E-state index is 0.0440. The van der Waals surface area contributed by atoms with E-state index in [2.05, 4.69) is 22.9 Å². The van der Waals surface area contributed by atoms with Crippen molar-refractivity contribution in [2.24, 2.45) is 0 Å². The molecule has 5 rings (SSSR count). The van der Waals surface area contributed by atoms with Crippen molar-refractivity contribution in [2.75, 3.05) is 26.3 Å². The maximum atomic E-state index is 13.3. The summed E-state index contributed by atoms with van der Waals surface area (Å²) in [5.74, 6) is -0.162. The SMILES string of the molecule is O=C(C[C@H](c1ccccc1)c1cn(Cc2ccccc2)c2ccc([N+](=O)[O-])cc12)N1CCOCC1. The molecule has 0 aliphatic carbocycles. The number of ether oxygens (including phenoxy) is 1. The normalized spacial score (nSPS) is 14.7. The van der Waals surface area contributed by atoms with Gasteiger partial charge in [-0.1, -0.05) is 60.7 Å². The lowest BCUT2D eigenvalue weighted by Crippen LogP contribution is -2.41. The van der Waals surface area contributed by atoms with E-state index in [1.807, 2.05) is 59.5 Å². The highest BCUT2D eigenvalue weighted by Crippen LogP contribution is 2.37. The van der Waals surface area contributed by atoms with Crippen LogP contribution in [-0.2, 0) is 16.1 Å². The Hall–Kier alpha value is -3.97. The molecule has 2 heterocycles. The summed E-state index contributed by atoms with van der Waals surface area (Å²) >= 11 is 0. The van der Waals surface area contributed by atoms with Crippen molar-refractivity contribution in [3.05, 3.63) is 112 Å². The van der Waals surface area contributed by atoms with E-state index in [4.69, 9.17) is 4.74 Å². The molecule has 1 aromatic heterocycles. The van der Waals surface area contributed by atoms with Crippen LogP contribution in [0, 0.1) is 10.1 Å². The van der Waals surface area contributed by atoms with Gasteiger partial charge in [-0.05, 0) is 22.8 Å². The van der Waals surface area contributed by atoms with E-state index in [-0.39, 0.29) is 28.9 Å². The number of carbonyl (C=O) groups excluding carboxylic acids is 1. The van der Waals surface area contributed by atoms with Crippen LogP contribution in [0.4, 0.5) is 5.69 Å². The molecule has 1 aliphatic heterocycles. The zero-order valence-corrected chi connectivity index (χ0v) is 19.4. The molecule has 1 saturated heterocycles. The summed E-state index contributed by atoms with van der Waals surface area (Å²) in [7, 11) is 0. The van der Waals surface area contributed by atoms with Gasteiger partial charge in [0.15, 0.2) is 0 Å². The Morgan fingerprint density at radius 3 is 2.34 bits per heavy atom. The first-order valence-corrected chi connectivity index (χ1v) is 11.8. The zero-order chi connectivity index (χ0) is 24.2. The fraction of sp³-hybridized carbons (Fsp3) is 0.250. The molecule has 0 bridgehead atoms. The fourth-order valence-electron chi connectivity index (χ4n) is 4.82. The van der Waals surface area contributed by atoms with Crippen LogP contribution in [0.15, 0.2) is 85.1 Å². The van der Waals surface area contributed by atoms with Gasteiger partial charge in [-0.3, -0.25) is 14.9 Å². The van der Waals surface area contributed by atoms with E-state index in [9.17, 15) is 14.9 Å². The number of benzene rings is 3. The van der Waals surface area contributed by atoms with Crippen molar-refractivity contribution in [3.63, 3.8) is 0 Å². The van der Waals surface area contributed by atoms with E-state index in [1.54, 1.807) is 12.1 Å². The average Bonchev–Trinajstić information content (AvgIpc) is 3.26. The number of nitrogens with zero attached hydrogens (tertiary/aromatic N) is 3. The Morgan fingerprint density at radius 2 is 1.66 bits per heavy atom. The van der Waals surface area contributed by atoms with Gasteiger partial charge in [0.1, 0.15) is 0 Å². The molecule has 4 aromatic rings. The lowest BCUT2D eigenvalue weighted by molar-refractivity contribution is -0.384. The number of morpholine rings is 1. The molecule has 1 fully saturated rings. The van der Waals surface area contributed by atoms with Crippen LogP contribution in [0.2, 0.25) is 0 Å². The third-order valence-electron chi connectivity index (χ3n) is 6.62. The maximum Gasteiger partial charge on any atom is 0.270 e. The number of nitro benzene ring substituents is 1. The first-order chi connectivity index (χ1) is 17.1. The second kappa shape index (κ2) is 10.1. The molecule has 1 aliphatic rings.